The first-order valence-corrected chi connectivity index (χ1v) is 42.1. The predicted molar refractivity (Wildman–Crippen MR) is 489 cm³/mol. The fourth-order valence-electron chi connectivity index (χ4n) is 7.88. The SMILES string of the molecule is CC#N.Cc1cccc(C)c1Cl.Cc1cccc(CBr)c1Cl.Cc1cccc(CN=C=S)c1Cl.Cc1cccc(CNC(=S)NCCO)c1Cl.Fc1c(Cl)cccc1CBr.Fc1c(Cl)cccc1CBr.Fc1c(Cl)cccc1CNC1=NCCO1.N#CSCc1cccc(Cl)c1F.NCCO.NCc1cccc(Cl)c1F.[B].[NH]=[Al]. The third kappa shape index (κ3) is 47.6. The van der Waals surface area contributed by atoms with Crippen LogP contribution in [0.5, 0.6) is 0 Å². The summed E-state index contributed by atoms with van der Waals surface area (Å²) in [5.41, 5.74) is 21.3. The average Bonchev–Trinajstić information content (AvgIpc) is 1.11. The van der Waals surface area contributed by atoms with Gasteiger partial charge in [0, 0.05) is 107 Å². The van der Waals surface area contributed by atoms with E-state index in [4.69, 9.17) is 158 Å². The molecule has 0 atom stereocenters. The number of nitrogens with one attached hydrogen (secondary N) is 4. The van der Waals surface area contributed by atoms with Gasteiger partial charge in [-0.05, 0) is 157 Å². The number of thiocarbonyl (C=S) groups is 2. The molecule has 0 aromatic heterocycles. The Morgan fingerprint density at radius 3 is 1.22 bits per heavy atom. The fraction of sp³-hybridized carbons (Fsp3) is 0.253. The second-order valence-corrected chi connectivity index (χ2v) is 28.3. The van der Waals surface area contributed by atoms with Crippen LogP contribution >= 0.6 is 188 Å². The third-order valence-corrected chi connectivity index (χ3v) is 20.1. The Balaban J connectivity index is -0.00000120. The number of thioether (sulfide) groups is 1. The average molecular weight is 2010 g/mol. The molecule has 35 heteroatoms. The number of thiocyanates is 1. The quantitative estimate of drug-likeness (QED) is 0.0119. The molecule has 9 aromatic carbocycles. The summed E-state index contributed by atoms with van der Waals surface area (Å²) < 4.78 is 75.8. The molecule has 4 radical (unpaired) electrons. The molecule has 610 valence electrons. The van der Waals surface area contributed by atoms with Gasteiger partial charge in [0.05, 0.1) is 62.6 Å². The molecule has 9 aromatic rings. The summed E-state index contributed by atoms with van der Waals surface area (Å²) >= 11 is 73.4. The Hall–Kier alpha value is -4.99. The normalized spacial score (nSPS) is 9.88. The van der Waals surface area contributed by atoms with Crippen LogP contribution in [-0.4, -0.2) is 90.5 Å². The molecule has 0 bridgehead atoms. The second kappa shape index (κ2) is 69.9. The Bertz CT molecular complexity index is 4260. The van der Waals surface area contributed by atoms with Gasteiger partial charge in [-0.1, -0.05) is 286 Å². The number of nitrogens with zero attached hydrogens (tertiary/aromatic N) is 4. The predicted octanol–water partition coefficient (Wildman–Crippen LogP) is 24.2. The van der Waals surface area contributed by atoms with Crippen LogP contribution in [-0.2, 0) is 52.7 Å². The molecule has 1 aliphatic heterocycles. The van der Waals surface area contributed by atoms with Crippen LogP contribution in [0, 0.1) is 90.0 Å². The number of aliphatic imine (C=N–C) groups is 2. The van der Waals surface area contributed by atoms with Crippen molar-refractivity contribution in [3.8, 4) is 11.5 Å². The Morgan fingerprint density at radius 2 is 0.868 bits per heavy atom. The van der Waals surface area contributed by atoms with Crippen molar-refractivity contribution < 1.29 is 36.9 Å². The Labute approximate surface area is 761 Å². The van der Waals surface area contributed by atoms with Gasteiger partial charge in [-0.3, -0.25) is 0 Å². The van der Waals surface area contributed by atoms with Crippen LogP contribution in [0.2, 0.25) is 45.2 Å². The number of benzene rings is 9. The van der Waals surface area contributed by atoms with E-state index in [2.05, 4.69) is 91.1 Å². The summed E-state index contributed by atoms with van der Waals surface area (Å²) in [5, 5.41) is 51.2. The van der Waals surface area contributed by atoms with Crippen molar-refractivity contribution in [1.82, 2.24) is 16.0 Å². The van der Waals surface area contributed by atoms with Crippen LogP contribution in [0.3, 0.4) is 0 Å². The van der Waals surface area contributed by atoms with Crippen molar-refractivity contribution >= 4 is 229 Å². The van der Waals surface area contributed by atoms with Gasteiger partial charge in [0.2, 0.25) is 0 Å². The Kier molecular flexibility index (Phi) is 69.4. The van der Waals surface area contributed by atoms with Gasteiger partial charge in [-0.2, -0.15) is 10.5 Å². The number of amidine groups is 1. The van der Waals surface area contributed by atoms with E-state index >= 15 is 0 Å². The third-order valence-electron chi connectivity index (χ3n) is 13.6. The van der Waals surface area contributed by atoms with Crippen LogP contribution in [0.4, 0.5) is 22.0 Å². The van der Waals surface area contributed by atoms with Gasteiger partial charge in [-0.15, -0.1) is 0 Å². The number of rotatable bonds is 15. The summed E-state index contributed by atoms with van der Waals surface area (Å²) in [6.07, 6.45) is 0. The van der Waals surface area contributed by atoms with E-state index in [0.717, 1.165) is 81.7 Å². The summed E-state index contributed by atoms with van der Waals surface area (Å²) in [6, 6.07) is 50.4. The topological polar surface area (TPSA) is 234 Å². The zero-order valence-corrected chi connectivity index (χ0v) is 77.7. The molecule has 0 unspecified atom stereocenters. The standard InChI is InChI=1S/C11H15ClN2OS.C10H10ClFN2O.C9H8ClNS.C8H8BrCl.C8H5ClFNS.C8H9Cl.2C7H5BrClF.C7H7ClFN.C2H7NO.C2H3N.Al.B.HN/c1-8-3-2-4-9(10(8)12)7-14-11(16)13-5-6-15;11-8-3-1-2-7(9(8)12)6-14-10-13-4-5-15-10;1-7-3-2-4-8(9(7)10)5-11-6-12;1-6-3-2-4-7(5-9)8(6)10;9-7-3-1-2-6(8(7)10)4-12-5-11;1-6-4-3-5-7(2)8(6)9;2*8-4-5-2-1-3-6(9)7(5)10;8-6-3-1-2-5(4-10)7(6)9;3-1-2-4;1-2-3;;;/h2-4,15H,5-7H2,1H3,(H2,13,14,16);1-3H,4-6H2,(H,13,14);2-4H,5H2,1H3;2-4H,5H2,1H3;1-3H,4H2;3-5H,1-2H3;2*1-3H,4H2;1-3H,4,10H2;4H,1-3H2;1H3;;;1H. The van der Waals surface area contributed by atoms with Crippen molar-refractivity contribution in [2.45, 2.75) is 89.5 Å². The fourth-order valence-corrected chi connectivity index (χ4v) is 11.7. The van der Waals surface area contributed by atoms with Crippen molar-refractivity contribution in [1.29, 1.82) is 14.9 Å². The first-order valence-electron chi connectivity index (χ1n) is 32.9. The molecule has 1 heterocycles. The van der Waals surface area contributed by atoms with Crippen molar-refractivity contribution in [3.63, 3.8) is 0 Å². The first-order chi connectivity index (χ1) is 54.0. The van der Waals surface area contributed by atoms with Gasteiger partial charge in [0.1, 0.15) is 41.1 Å². The maximum absolute atomic E-state index is 13.4. The van der Waals surface area contributed by atoms with E-state index in [0.29, 0.717) is 101 Å². The number of alkyl halides is 3. The van der Waals surface area contributed by atoms with E-state index in [1.165, 1.54) is 37.3 Å². The van der Waals surface area contributed by atoms with E-state index in [-0.39, 0.29) is 64.9 Å². The van der Waals surface area contributed by atoms with Crippen LogP contribution < -0.4 is 27.4 Å². The number of halogens is 17. The number of ether oxygens (including phenoxy) is 1. The summed E-state index contributed by atoms with van der Waals surface area (Å²) in [6.45, 7) is 15.2. The van der Waals surface area contributed by atoms with Crippen LogP contribution in [0.15, 0.2) is 174 Å². The van der Waals surface area contributed by atoms with Gasteiger partial charge in [0.25, 0.3) is 6.02 Å². The summed E-state index contributed by atoms with van der Waals surface area (Å²) in [7, 11) is 0. The zero-order chi connectivity index (χ0) is 85.8. The molecule has 114 heavy (non-hydrogen) atoms. The molecule has 10 rings (SSSR count). The number of aryl methyl sites for hydroxylation is 5. The van der Waals surface area contributed by atoms with E-state index < -0.39 is 17.5 Å². The maximum atomic E-state index is 13.4. The van der Waals surface area contributed by atoms with Gasteiger partial charge >= 0.3 is 20.4 Å². The number of aliphatic hydroxyl groups excluding tert-OH is 2. The number of isothiocyanates is 1. The molecule has 13 nitrogen and oxygen atoms in total. The van der Waals surface area contributed by atoms with E-state index in [9.17, 15) is 22.0 Å². The molecule has 0 spiro atoms. The van der Waals surface area contributed by atoms with Gasteiger partial charge in [-0.25, -0.2) is 31.9 Å². The van der Waals surface area contributed by atoms with E-state index in [1.807, 2.05) is 113 Å². The molecule has 0 saturated carbocycles. The monoisotopic (exact) mass is 2000 g/mol. The summed E-state index contributed by atoms with van der Waals surface area (Å²) in [4.78, 5) is 7.86. The van der Waals surface area contributed by atoms with Crippen LogP contribution in [0.25, 0.3) is 0 Å². The molecule has 0 saturated heterocycles. The number of nitrogens with two attached hydrogens (primary N) is 2. The zero-order valence-electron chi connectivity index (χ0n) is 62.5. The number of aliphatic hydroxyl groups is 2. The van der Waals surface area contributed by atoms with Gasteiger partial charge < -0.3 is 42.4 Å². The molecule has 1 aliphatic rings. The molecule has 10 N–H and O–H groups in total. The summed E-state index contributed by atoms with van der Waals surface area (Å²) in [5.74, 6) is -1.57. The van der Waals surface area contributed by atoms with Crippen molar-refractivity contribution in [2.75, 3.05) is 39.5 Å². The molecule has 0 aliphatic carbocycles. The minimum absolute atomic E-state index is 0. The van der Waals surface area contributed by atoms with Crippen LogP contribution in [0.1, 0.15) is 79.2 Å². The first kappa shape index (κ1) is 113. The number of nitriles is 2. The molecule has 0 amide bonds. The van der Waals surface area contributed by atoms with Crippen molar-refractivity contribution in [2.24, 2.45) is 21.5 Å². The minimum atomic E-state index is -0.429. The number of hydrogen-bond donors (Lipinski definition) is 8. The second-order valence-electron chi connectivity index (χ2n) is 21.8. The van der Waals surface area contributed by atoms with Gasteiger partial charge in [0.15, 0.2) is 5.11 Å². The van der Waals surface area contributed by atoms with E-state index in [1.54, 1.807) is 82.8 Å². The van der Waals surface area contributed by atoms with Crippen molar-refractivity contribution in [3.05, 3.63) is 310 Å². The number of hydrogen-bond acceptors (Lipinski definition) is 14. The molecular formula is C79H83AlBBr3Cl9F5N10O3S3. The molecule has 0 fully saturated rings. The Morgan fingerprint density at radius 1 is 0.535 bits per heavy atom. The molecular weight excluding hydrogens is 1920 g/mol.